The molecule has 1 aliphatic rings. The van der Waals surface area contributed by atoms with Crippen molar-refractivity contribution in [3.8, 4) is 0 Å². The lowest BCUT2D eigenvalue weighted by molar-refractivity contribution is 0.0616. The van der Waals surface area contributed by atoms with Gasteiger partial charge in [0.1, 0.15) is 0 Å². The smallest absolute Gasteiger partial charge is 0.0775 e. The lowest BCUT2D eigenvalue weighted by atomic mass is 10.1. The molecule has 0 spiro atoms. The average Bonchev–Trinajstić information content (AvgIpc) is 2.79. The van der Waals surface area contributed by atoms with Crippen LogP contribution < -0.4 is 10.2 Å². The lowest BCUT2D eigenvalue weighted by Crippen LogP contribution is -2.31. The van der Waals surface area contributed by atoms with Crippen molar-refractivity contribution < 1.29 is 4.74 Å². The van der Waals surface area contributed by atoms with E-state index in [1.54, 1.807) is 0 Å². The first-order valence-corrected chi connectivity index (χ1v) is 7.28. The molecule has 0 saturated heterocycles. The lowest BCUT2D eigenvalue weighted by Gasteiger charge is -2.24. The summed E-state index contributed by atoms with van der Waals surface area (Å²) in [5, 5.41) is 3.67. The second-order valence-electron chi connectivity index (χ2n) is 5.57. The normalized spacial score (nSPS) is 22.5. The standard InChI is InChI=1S/C16H26N2O/c1-5-19-16-8-6-7-15(16)17-14-10-9-13(18(3)4)11-12(14)2/h9-11,15-17H,5-8H2,1-4H3/t15-,16-/m0/s1. The predicted molar refractivity (Wildman–Crippen MR) is 82.2 cm³/mol. The molecule has 3 nitrogen and oxygen atoms in total. The fourth-order valence-electron chi connectivity index (χ4n) is 2.79. The highest BCUT2D eigenvalue weighted by atomic mass is 16.5. The number of nitrogens with one attached hydrogen (secondary N) is 1. The van der Waals surface area contributed by atoms with Crippen LogP contribution in [0.3, 0.4) is 0 Å². The molecule has 1 aromatic carbocycles. The number of aryl methyl sites for hydroxylation is 1. The van der Waals surface area contributed by atoms with E-state index in [4.69, 9.17) is 4.74 Å². The molecule has 0 unspecified atom stereocenters. The maximum Gasteiger partial charge on any atom is 0.0775 e. The summed E-state index contributed by atoms with van der Waals surface area (Å²) in [5.41, 5.74) is 3.78. The van der Waals surface area contributed by atoms with Crippen molar-refractivity contribution in [3.05, 3.63) is 23.8 Å². The van der Waals surface area contributed by atoms with Gasteiger partial charge >= 0.3 is 0 Å². The first-order valence-electron chi connectivity index (χ1n) is 7.28. The second-order valence-corrected chi connectivity index (χ2v) is 5.57. The van der Waals surface area contributed by atoms with Crippen LogP contribution in [-0.4, -0.2) is 32.8 Å². The minimum atomic E-state index is 0.373. The van der Waals surface area contributed by atoms with Crippen LogP contribution in [-0.2, 0) is 4.74 Å². The highest BCUT2D eigenvalue weighted by Gasteiger charge is 2.27. The van der Waals surface area contributed by atoms with E-state index in [0.717, 1.165) is 6.61 Å². The van der Waals surface area contributed by atoms with Crippen molar-refractivity contribution in [2.45, 2.75) is 45.3 Å². The molecule has 0 aromatic heterocycles. The molecule has 0 aliphatic heterocycles. The number of rotatable bonds is 5. The Balaban J connectivity index is 2.06. The Morgan fingerprint density at radius 3 is 2.74 bits per heavy atom. The Labute approximate surface area is 116 Å². The van der Waals surface area contributed by atoms with Crippen LogP contribution in [0.4, 0.5) is 11.4 Å². The zero-order chi connectivity index (χ0) is 13.8. The zero-order valence-corrected chi connectivity index (χ0v) is 12.6. The molecule has 0 amide bonds. The van der Waals surface area contributed by atoms with E-state index >= 15 is 0 Å². The Morgan fingerprint density at radius 2 is 2.11 bits per heavy atom. The van der Waals surface area contributed by atoms with Gasteiger partial charge in [-0.15, -0.1) is 0 Å². The van der Waals surface area contributed by atoms with Crippen molar-refractivity contribution in [2.24, 2.45) is 0 Å². The van der Waals surface area contributed by atoms with Gasteiger partial charge in [-0.2, -0.15) is 0 Å². The van der Waals surface area contributed by atoms with E-state index in [1.807, 2.05) is 0 Å². The molecule has 19 heavy (non-hydrogen) atoms. The highest BCUT2D eigenvalue weighted by Crippen LogP contribution is 2.28. The molecule has 3 heteroatoms. The summed E-state index contributed by atoms with van der Waals surface area (Å²) >= 11 is 0. The van der Waals surface area contributed by atoms with Crippen molar-refractivity contribution >= 4 is 11.4 Å². The van der Waals surface area contributed by atoms with E-state index in [2.05, 4.69) is 56.4 Å². The monoisotopic (exact) mass is 262 g/mol. The Hall–Kier alpha value is -1.22. The van der Waals surface area contributed by atoms with E-state index in [1.165, 1.54) is 36.2 Å². The molecule has 1 fully saturated rings. The van der Waals surface area contributed by atoms with Gasteiger partial charge in [0.2, 0.25) is 0 Å². The van der Waals surface area contributed by atoms with Crippen molar-refractivity contribution in [3.63, 3.8) is 0 Å². The zero-order valence-electron chi connectivity index (χ0n) is 12.6. The van der Waals surface area contributed by atoms with Gasteiger partial charge in [0.05, 0.1) is 12.1 Å². The number of ether oxygens (including phenoxy) is 1. The van der Waals surface area contributed by atoms with Crippen LogP contribution in [0.25, 0.3) is 0 Å². The molecule has 0 radical (unpaired) electrons. The first-order chi connectivity index (χ1) is 9.11. The Kier molecular flexibility index (Phi) is 4.70. The quantitative estimate of drug-likeness (QED) is 0.880. The van der Waals surface area contributed by atoms with E-state index in [0.29, 0.717) is 12.1 Å². The van der Waals surface area contributed by atoms with Gasteiger partial charge in [0, 0.05) is 32.1 Å². The minimum absolute atomic E-state index is 0.373. The van der Waals surface area contributed by atoms with Crippen molar-refractivity contribution in [1.82, 2.24) is 0 Å². The summed E-state index contributed by atoms with van der Waals surface area (Å²) in [6.45, 7) is 5.05. The maximum absolute atomic E-state index is 5.82. The summed E-state index contributed by atoms with van der Waals surface area (Å²) in [6, 6.07) is 7.04. The van der Waals surface area contributed by atoms with Gasteiger partial charge in [0.15, 0.2) is 0 Å². The van der Waals surface area contributed by atoms with Gasteiger partial charge in [-0.25, -0.2) is 0 Å². The van der Waals surface area contributed by atoms with E-state index in [9.17, 15) is 0 Å². The second kappa shape index (κ2) is 6.29. The fourth-order valence-corrected chi connectivity index (χ4v) is 2.79. The third kappa shape index (κ3) is 3.41. The fraction of sp³-hybridized carbons (Fsp3) is 0.625. The number of anilines is 2. The molecule has 1 aromatic rings. The number of hydrogen-bond donors (Lipinski definition) is 1. The summed E-state index contributed by atoms with van der Waals surface area (Å²) in [7, 11) is 4.15. The van der Waals surface area contributed by atoms with Crippen LogP contribution in [0.5, 0.6) is 0 Å². The van der Waals surface area contributed by atoms with Gasteiger partial charge in [-0.3, -0.25) is 0 Å². The maximum atomic E-state index is 5.82. The largest absolute Gasteiger partial charge is 0.379 e. The molecule has 1 N–H and O–H groups in total. The molecule has 1 aliphatic carbocycles. The third-order valence-electron chi connectivity index (χ3n) is 3.90. The first kappa shape index (κ1) is 14.2. The van der Waals surface area contributed by atoms with E-state index < -0.39 is 0 Å². The number of hydrogen-bond acceptors (Lipinski definition) is 3. The summed E-state index contributed by atoms with van der Waals surface area (Å²) in [5.74, 6) is 0. The Morgan fingerprint density at radius 1 is 1.32 bits per heavy atom. The molecule has 106 valence electrons. The summed E-state index contributed by atoms with van der Waals surface area (Å²) in [6.07, 6.45) is 4.02. The van der Waals surface area contributed by atoms with Crippen LogP contribution in [0, 0.1) is 6.92 Å². The van der Waals surface area contributed by atoms with Crippen LogP contribution in [0.1, 0.15) is 31.7 Å². The molecule has 1 saturated carbocycles. The molecular formula is C16H26N2O. The highest BCUT2D eigenvalue weighted by molar-refractivity contribution is 5.60. The topological polar surface area (TPSA) is 24.5 Å². The minimum Gasteiger partial charge on any atom is -0.379 e. The number of nitrogens with zero attached hydrogens (tertiary/aromatic N) is 1. The van der Waals surface area contributed by atoms with Gasteiger partial charge in [-0.1, -0.05) is 0 Å². The SMILES string of the molecule is CCO[C@H]1CCC[C@@H]1Nc1ccc(N(C)C)cc1C. The predicted octanol–water partition coefficient (Wildman–Crippen LogP) is 3.43. The van der Waals surface area contributed by atoms with E-state index in [-0.39, 0.29) is 0 Å². The van der Waals surface area contributed by atoms with Gasteiger partial charge in [0.25, 0.3) is 0 Å². The van der Waals surface area contributed by atoms with Crippen LogP contribution in [0.15, 0.2) is 18.2 Å². The average molecular weight is 262 g/mol. The molecule has 2 rings (SSSR count). The Bertz CT molecular complexity index is 417. The van der Waals surface area contributed by atoms with Crippen molar-refractivity contribution in [1.29, 1.82) is 0 Å². The van der Waals surface area contributed by atoms with Crippen molar-refractivity contribution in [2.75, 3.05) is 30.9 Å². The summed E-state index contributed by atoms with van der Waals surface area (Å²) < 4.78 is 5.82. The molecule has 0 bridgehead atoms. The third-order valence-corrected chi connectivity index (χ3v) is 3.90. The number of benzene rings is 1. The molecule has 0 heterocycles. The molecular weight excluding hydrogens is 236 g/mol. The van der Waals surface area contributed by atoms with Crippen LogP contribution in [0.2, 0.25) is 0 Å². The van der Waals surface area contributed by atoms with Gasteiger partial charge in [-0.05, 0) is 56.9 Å². The van der Waals surface area contributed by atoms with Gasteiger partial charge < -0.3 is 15.0 Å². The molecule has 2 atom stereocenters. The summed E-state index contributed by atoms with van der Waals surface area (Å²) in [4.78, 5) is 2.13. The van der Waals surface area contributed by atoms with Crippen LogP contribution >= 0.6 is 0 Å².